The van der Waals surface area contributed by atoms with Gasteiger partial charge in [0.2, 0.25) is 0 Å². The van der Waals surface area contributed by atoms with E-state index in [1.54, 1.807) is 12.4 Å². The maximum Gasteiger partial charge on any atom is 0.319 e. The second-order valence-corrected chi connectivity index (χ2v) is 5.33. The molecule has 3 rings (SSSR count). The fourth-order valence-electron chi connectivity index (χ4n) is 3.19. The first-order valence-electron chi connectivity index (χ1n) is 7.04. The highest BCUT2D eigenvalue weighted by Crippen LogP contribution is 2.27. The first-order chi connectivity index (χ1) is 9.33. The van der Waals surface area contributed by atoms with Crippen LogP contribution in [0.3, 0.4) is 0 Å². The summed E-state index contributed by atoms with van der Waals surface area (Å²) in [5.41, 5.74) is 0.735. The van der Waals surface area contributed by atoms with E-state index in [9.17, 15) is 4.79 Å². The Bertz CT molecular complexity index is 436. The molecule has 0 saturated carbocycles. The molecule has 0 spiro atoms. The third kappa shape index (κ3) is 2.87. The van der Waals surface area contributed by atoms with Crippen LogP contribution in [0, 0.1) is 0 Å². The van der Waals surface area contributed by atoms with E-state index in [0.717, 1.165) is 18.7 Å². The number of carbonyl (C=O) groups excluding carboxylic acids is 1. The molecule has 5 nitrogen and oxygen atoms in total. The molecule has 0 aromatic carbocycles. The lowest BCUT2D eigenvalue weighted by Crippen LogP contribution is -2.47. The molecule has 5 heteroatoms. The van der Waals surface area contributed by atoms with Gasteiger partial charge in [-0.05, 0) is 37.9 Å². The highest BCUT2D eigenvalue weighted by atomic mass is 16.2. The maximum atomic E-state index is 12.0. The topological polar surface area (TPSA) is 57.3 Å². The number of rotatable bonds is 2. The first kappa shape index (κ1) is 12.4. The Morgan fingerprint density at radius 1 is 1.32 bits per heavy atom. The Labute approximate surface area is 113 Å². The number of anilines is 1. The predicted molar refractivity (Wildman–Crippen MR) is 74.0 cm³/mol. The van der Waals surface area contributed by atoms with Crippen LogP contribution < -0.4 is 10.6 Å². The van der Waals surface area contributed by atoms with E-state index in [4.69, 9.17) is 0 Å². The Morgan fingerprint density at radius 2 is 2.26 bits per heavy atom. The van der Waals surface area contributed by atoms with Gasteiger partial charge in [-0.2, -0.15) is 0 Å². The molecular formula is C14H20N4O. The Hall–Kier alpha value is -1.62. The zero-order chi connectivity index (χ0) is 13.1. The molecule has 2 saturated heterocycles. The second kappa shape index (κ2) is 5.57. The van der Waals surface area contributed by atoms with Crippen molar-refractivity contribution in [1.82, 2.24) is 15.2 Å². The second-order valence-electron chi connectivity index (χ2n) is 5.33. The summed E-state index contributed by atoms with van der Waals surface area (Å²) >= 11 is 0. The lowest BCUT2D eigenvalue weighted by atomic mass is 9.99. The summed E-state index contributed by atoms with van der Waals surface area (Å²) in [6, 6.07) is 4.36. The molecule has 1 aromatic rings. The predicted octanol–water partition coefficient (Wildman–Crippen LogP) is 1.83. The third-order valence-corrected chi connectivity index (χ3v) is 4.09. The number of pyridine rings is 1. The van der Waals surface area contributed by atoms with Gasteiger partial charge in [-0.3, -0.25) is 9.88 Å². The molecule has 2 amide bonds. The van der Waals surface area contributed by atoms with Crippen LogP contribution in [-0.2, 0) is 0 Å². The van der Waals surface area contributed by atoms with Crippen molar-refractivity contribution in [3.05, 3.63) is 24.5 Å². The van der Waals surface area contributed by atoms with Crippen molar-refractivity contribution in [1.29, 1.82) is 0 Å². The van der Waals surface area contributed by atoms with Gasteiger partial charge >= 0.3 is 6.03 Å². The first-order valence-corrected chi connectivity index (χ1v) is 7.04. The Morgan fingerprint density at radius 3 is 3.11 bits per heavy atom. The largest absolute Gasteiger partial charge is 0.334 e. The van der Waals surface area contributed by atoms with Crippen molar-refractivity contribution in [2.45, 2.75) is 37.8 Å². The van der Waals surface area contributed by atoms with Crippen LogP contribution in [-0.4, -0.2) is 41.1 Å². The monoisotopic (exact) mass is 260 g/mol. The van der Waals surface area contributed by atoms with Crippen LogP contribution in [0.15, 0.2) is 24.5 Å². The highest BCUT2D eigenvalue weighted by Gasteiger charge is 2.36. The number of hydrogen-bond acceptors (Lipinski definition) is 3. The number of fused-ring (bicyclic) bond motifs is 1. The van der Waals surface area contributed by atoms with E-state index >= 15 is 0 Å². The van der Waals surface area contributed by atoms with Gasteiger partial charge in [-0.25, -0.2) is 4.79 Å². The van der Waals surface area contributed by atoms with Crippen molar-refractivity contribution in [3.63, 3.8) is 0 Å². The van der Waals surface area contributed by atoms with E-state index in [1.165, 1.54) is 25.8 Å². The number of nitrogens with one attached hydrogen (secondary N) is 2. The minimum atomic E-state index is -0.120. The fourth-order valence-corrected chi connectivity index (χ4v) is 3.19. The Balaban J connectivity index is 1.55. The van der Waals surface area contributed by atoms with E-state index in [2.05, 4.69) is 20.5 Å². The van der Waals surface area contributed by atoms with Gasteiger partial charge in [-0.1, -0.05) is 6.42 Å². The molecule has 102 valence electrons. The third-order valence-electron chi connectivity index (χ3n) is 4.09. The number of carbonyl (C=O) groups is 1. The van der Waals surface area contributed by atoms with Crippen molar-refractivity contribution in [2.75, 3.05) is 18.4 Å². The van der Waals surface area contributed by atoms with Gasteiger partial charge in [0, 0.05) is 24.8 Å². The SMILES string of the molecule is O=C(Nc1cccnc1)N[C@@H]1CCN2CCCC[C@H]12. The summed E-state index contributed by atoms with van der Waals surface area (Å²) in [6.07, 6.45) is 8.19. The number of nitrogens with zero attached hydrogens (tertiary/aromatic N) is 2. The molecule has 0 unspecified atom stereocenters. The van der Waals surface area contributed by atoms with Crippen molar-refractivity contribution in [2.24, 2.45) is 0 Å². The number of amides is 2. The maximum absolute atomic E-state index is 12.0. The molecular weight excluding hydrogens is 240 g/mol. The van der Waals surface area contributed by atoms with Gasteiger partial charge in [0.1, 0.15) is 0 Å². The molecule has 2 fully saturated rings. The molecule has 1 aromatic heterocycles. The zero-order valence-corrected chi connectivity index (χ0v) is 11.0. The molecule has 0 aliphatic carbocycles. The summed E-state index contributed by atoms with van der Waals surface area (Å²) in [6.45, 7) is 2.30. The minimum absolute atomic E-state index is 0.120. The quantitative estimate of drug-likeness (QED) is 0.853. The minimum Gasteiger partial charge on any atom is -0.334 e. The molecule has 2 aliphatic heterocycles. The van der Waals surface area contributed by atoms with Crippen molar-refractivity contribution in [3.8, 4) is 0 Å². The normalized spacial score (nSPS) is 26.7. The van der Waals surface area contributed by atoms with Gasteiger partial charge in [0.15, 0.2) is 0 Å². The van der Waals surface area contributed by atoms with E-state index in [0.29, 0.717) is 6.04 Å². The smallest absolute Gasteiger partial charge is 0.319 e. The number of urea groups is 1. The van der Waals surface area contributed by atoms with E-state index in [1.807, 2.05) is 12.1 Å². The Kier molecular flexibility index (Phi) is 3.64. The molecule has 2 N–H and O–H groups in total. The van der Waals surface area contributed by atoms with Crippen LogP contribution in [0.4, 0.5) is 10.5 Å². The number of aromatic nitrogens is 1. The molecule has 3 heterocycles. The molecule has 2 atom stereocenters. The number of hydrogen-bond donors (Lipinski definition) is 2. The molecule has 0 bridgehead atoms. The van der Waals surface area contributed by atoms with Gasteiger partial charge < -0.3 is 10.6 Å². The molecule has 2 aliphatic rings. The average Bonchev–Trinajstić information content (AvgIpc) is 2.83. The average molecular weight is 260 g/mol. The summed E-state index contributed by atoms with van der Waals surface area (Å²) in [7, 11) is 0. The summed E-state index contributed by atoms with van der Waals surface area (Å²) in [5.74, 6) is 0. The lowest BCUT2D eigenvalue weighted by Gasteiger charge is -2.32. The van der Waals surface area contributed by atoms with Crippen molar-refractivity contribution < 1.29 is 4.79 Å². The van der Waals surface area contributed by atoms with Crippen LogP contribution in [0.25, 0.3) is 0 Å². The zero-order valence-electron chi connectivity index (χ0n) is 11.0. The van der Waals surface area contributed by atoms with Crippen LogP contribution in [0.5, 0.6) is 0 Å². The summed E-state index contributed by atoms with van der Waals surface area (Å²) < 4.78 is 0. The fraction of sp³-hybridized carbons (Fsp3) is 0.571. The van der Waals surface area contributed by atoms with Gasteiger partial charge in [0.05, 0.1) is 11.9 Å². The van der Waals surface area contributed by atoms with Crippen molar-refractivity contribution >= 4 is 11.7 Å². The standard InChI is InChI=1S/C14H20N4O/c19-14(16-11-4-3-7-15-10-11)17-12-6-9-18-8-2-1-5-13(12)18/h3-4,7,10,12-13H,1-2,5-6,8-9H2,(H2,16,17,19)/t12-,13-/m1/s1. The summed E-state index contributed by atoms with van der Waals surface area (Å²) in [5, 5.41) is 5.94. The molecule has 0 radical (unpaired) electrons. The van der Waals surface area contributed by atoms with Gasteiger partial charge in [-0.15, -0.1) is 0 Å². The number of piperidine rings is 1. The van der Waals surface area contributed by atoms with Crippen LogP contribution in [0.2, 0.25) is 0 Å². The highest BCUT2D eigenvalue weighted by molar-refractivity contribution is 5.89. The van der Waals surface area contributed by atoms with E-state index < -0.39 is 0 Å². The van der Waals surface area contributed by atoms with E-state index in [-0.39, 0.29) is 12.1 Å². The molecule has 19 heavy (non-hydrogen) atoms. The summed E-state index contributed by atoms with van der Waals surface area (Å²) in [4.78, 5) is 18.5. The van der Waals surface area contributed by atoms with Gasteiger partial charge in [0.25, 0.3) is 0 Å². The van der Waals surface area contributed by atoms with Crippen LogP contribution >= 0.6 is 0 Å². The van der Waals surface area contributed by atoms with Crippen LogP contribution in [0.1, 0.15) is 25.7 Å². The lowest BCUT2D eigenvalue weighted by molar-refractivity contribution is 0.180.